The molecule has 0 N–H and O–H groups in total. The molecule has 0 aromatic heterocycles. The SMILES string of the molecule is C=C(CN1CCC(C)(C)C1)[B-](F)(F)F. The van der Waals surface area contributed by atoms with Gasteiger partial charge in [-0.15, -0.1) is 12.1 Å². The minimum absolute atomic E-state index is 0.0209. The molecule has 1 heterocycles. The summed E-state index contributed by atoms with van der Waals surface area (Å²) in [5.41, 5.74) is -0.429. The molecule has 0 bridgehead atoms. The molecule has 1 saturated heterocycles. The summed E-state index contributed by atoms with van der Waals surface area (Å²) >= 11 is 0. The summed E-state index contributed by atoms with van der Waals surface area (Å²) < 4.78 is 36.7. The Morgan fingerprint density at radius 1 is 1.43 bits per heavy atom. The molecule has 0 aliphatic carbocycles. The quantitative estimate of drug-likeness (QED) is 0.641. The van der Waals surface area contributed by atoms with Crippen LogP contribution in [0.5, 0.6) is 0 Å². The standard InChI is InChI=1S/C9H16BF3N/c1-8(10(11,12)13)6-14-5-4-9(2,3)7-14/h1,4-7H2,2-3H3/q-1. The first kappa shape index (κ1) is 11.6. The van der Waals surface area contributed by atoms with Gasteiger partial charge in [0.05, 0.1) is 0 Å². The van der Waals surface area contributed by atoms with Gasteiger partial charge >= 0.3 is 6.98 Å². The Bertz CT molecular complexity index is 235. The van der Waals surface area contributed by atoms with Crippen molar-refractivity contribution < 1.29 is 12.9 Å². The van der Waals surface area contributed by atoms with Crippen LogP contribution in [0.25, 0.3) is 0 Å². The van der Waals surface area contributed by atoms with Crippen LogP contribution in [-0.2, 0) is 0 Å². The van der Waals surface area contributed by atoms with Gasteiger partial charge in [0.15, 0.2) is 0 Å². The lowest BCUT2D eigenvalue weighted by Gasteiger charge is -2.25. The van der Waals surface area contributed by atoms with E-state index in [-0.39, 0.29) is 12.0 Å². The van der Waals surface area contributed by atoms with Crippen molar-refractivity contribution in [3.05, 3.63) is 12.1 Å². The number of nitrogens with zero attached hydrogens (tertiary/aromatic N) is 1. The topological polar surface area (TPSA) is 3.24 Å². The highest BCUT2D eigenvalue weighted by molar-refractivity contribution is 6.66. The molecule has 0 aromatic carbocycles. The zero-order valence-corrected chi connectivity index (χ0v) is 8.69. The van der Waals surface area contributed by atoms with Gasteiger partial charge in [0.2, 0.25) is 0 Å². The van der Waals surface area contributed by atoms with Crippen molar-refractivity contribution in [1.82, 2.24) is 4.90 Å². The third-order valence-electron chi connectivity index (χ3n) is 2.65. The molecule has 0 saturated carbocycles. The second kappa shape index (κ2) is 3.61. The molecule has 0 atom stereocenters. The van der Waals surface area contributed by atoms with Crippen LogP contribution in [0.3, 0.4) is 0 Å². The van der Waals surface area contributed by atoms with E-state index in [2.05, 4.69) is 20.4 Å². The molecule has 5 heteroatoms. The Kier molecular flexibility index (Phi) is 3.00. The molecular weight excluding hydrogens is 190 g/mol. The van der Waals surface area contributed by atoms with Crippen molar-refractivity contribution >= 4 is 6.98 Å². The van der Waals surface area contributed by atoms with Crippen molar-refractivity contribution in [3.8, 4) is 0 Å². The van der Waals surface area contributed by atoms with Gasteiger partial charge in [-0.25, -0.2) is 0 Å². The predicted octanol–water partition coefficient (Wildman–Crippen LogP) is 2.66. The monoisotopic (exact) mass is 206 g/mol. The number of likely N-dealkylation sites (tertiary alicyclic amines) is 1. The first-order chi connectivity index (χ1) is 6.21. The molecule has 82 valence electrons. The van der Waals surface area contributed by atoms with E-state index in [1.165, 1.54) is 0 Å². The maximum Gasteiger partial charge on any atom is 0.506 e. The van der Waals surface area contributed by atoms with Crippen molar-refractivity contribution in [2.24, 2.45) is 5.41 Å². The van der Waals surface area contributed by atoms with Crippen molar-refractivity contribution in [1.29, 1.82) is 0 Å². The Morgan fingerprint density at radius 3 is 2.36 bits per heavy atom. The minimum Gasteiger partial charge on any atom is -0.445 e. The van der Waals surface area contributed by atoms with E-state index in [0.29, 0.717) is 0 Å². The average molecular weight is 206 g/mol. The molecular formula is C9H16BF3N-. The summed E-state index contributed by atoms with van der Waals surface area (Å²) in [4.78, 5) is 1.83. The first-order valence-corrected chi connectivity index (χ1v) is 4.81. The van der Waals surface area contributed by atoms with Crippen LogP contribution < -0.4 is 0 Å². The van der Waals surface area contributed by atoms with Crippen LogP contribution in [0, 0.1) is 5.41 Å². The number of hydrogen-bond donors (Lipinski definition) is 0. The van der Waals surface area contributed by atoms with E-state index >= 15 is 0 Å². The van der Waals surface area contributed by atoms with E-state index in [1.54, 1.807) is 0 Å². The Balaban J connectivity index is 2.44. The van der Waals surface area contributed by atoms with Gasteiger partial charge in [-0.1, -0.05) is 13.8 Å². The summed E-state index contributed by atoms with van der Waals surface area (Å²) in [6.07, 6.45) is 0.963. The summed E-state index contributed by atoms with van der Waals surface area (Å²) in [7, 11) is 0. The molecule has 0 unspecified atom stereocenters. The van der Waals surface area contributed by atoms with Crippen LogP contribution in [0.4, 0.5) is 12.9 Å². The van der Waals surface area contributed by atoms with Gasteiger partial charge < -0.3 is 17.8 Å². The van der Waals surface area contributed by atoms with Crippen LogP contribution in [-0.4, -0.2) is 31.5 Å². The Labute approximate surface area is 83.0 Å². The van der Waals surface area contributed by atoms with E-state index in [4.69, 9.17) is 0 Å². The maximum atomic E-state index is 12.2. The highest BCUT2D eigenvalue weighted by Gasteiger charge is 2.33. The highest BCUT2D eigenvalue weighted by Crippen LogP contribution is 2.30. The van der Waals surface area contributed by atoms with Gasteiger partial charge in [-0.2, -0.15) is 0 Å². The molecule has 1 nitrogen and oxygen atoms in total. The van der Waals surface area contributed by atoms with E-state index in [1.807, 2.05) is 4.90 Å². The second-order valence-electron chi connectivity index (χ2n) is 4.86. The van der Waals surface area contributed by atoms with Gasteiger partial charge in [-0.05, 0) is 24.9 Å². The summed E-state index contributed by atoms with van der Waals surface area (Å²) in [5.74, 6) is 0. The Morgan fingerprint density at radius 2 is 2.00 bits per heavy atom. The molecule has 1 aliphatic heterocycles. The van der Waals surface area contributed by atoms with Gasteiger partial charge in [0.25, 0.3) is 0 Å². The van der Waals surface area contributed by atoms with Crippen LogP contribution >= 0.6 is 0 Å². The van der Waals surface area contributed by atoms with Crippen molar-refractivity contribution in [2.75, 3.05) is 19.6 Å². The van der Waals surface area contributed by atoms with Crippen LogP contribution in [0.1, 0.15) is 20.3 Å². The zero-order valence-electron chi connectivity index (χ0n) is 8.69. The largest absolute Gasteiger partial charge is 0.506 e. The van der Waals surface area contributed by atoms with Gasteiger partial charge in [-0.3, -0.25) is 0 Å². The third kappa shape index (κ3) is 3.05. The molecule has 0 aromatic rings. The summed E-state index contributed by atoms with van der Waals surface area (Å²) in [5, 5.41) is 0. The molecule has 1 aliphatic rings. The molecule has 0 spiro atoms. The maximum absolute atomic E-state index is 12.2. The molecule has 1 rings (SSSR count). The number of halogens is 3. The molecule has 14 heavy (non-hydrogen) atoms. The molecule has 0 amide bonds. The van der Waals surface area contributed by atoms with E-state index in [9.17, 15) is 12.9 Å². The van der Waals surface area contributed by atoms with Gasteiger partial charge in [0.1, 0.15) is 0 Å². The number of rotatable bonds is 3. The minimum atomic E-state index is -4.86. The van der Waals surface area contributed by atoms with Crippen molar-refractivity contribution in [3.63, 3.8) is 0 Å². The first-order valence-electron chi connectivity index (χ1n) is 4.81. The van der Waals surface area contributed by atoms with Crippen LogP contribution in [0.2, 0.25) is 0 Å². The van der Waals surface area contributed by atoms with Crippen LogP contribution in [0.15, 0.2) is 12.1 Å². The Hall–Kier alpha value is -0.445. The normalized spacial score (nSPS) is 22.6. The zero-order chi connectivity index (χ0) is 11.0. The second-order valence-corrected chi connectivity index (χ2v) is 4.86. The molecule has 1 fully saturated rings. The lowest BCUT2D eigenvalue weighted by atomic mass is 9.80. The molecule has 0 radical (unpaired) electrons. The summed E-state index contributed by atoms with van der Waals surface area (Å²) in [6.45, 7) is 3.86. The number of hydrogen-bond acceptors (Lipinski definition) is 1. The van der Waals surface area contributed by atoms with Gasteiger partial charge in [0, 0.05) is 6.54 Å². The smallest absolute Gasteiger partial charge is 0.445 e. The van der Waals surface area contributed by atoms with Crippen molar-refractivity contribution in [2.45, 2.75) is 20.3 Å². The fourth-order valence-electron chi connectivity index (χ4n) is 1.75. The summed E-state index contributed by atoms with van der Waals surface area (Å²) in [6, 6.07) is 0. The lowest BCUT2D eigenvalue weighted by molar-refractivity contribution is 0.308. The fraction of sp³-hybridized carbons (Fsp3) is 0.778. The lowest BCUT2D eigenvalue weighted by Crippen LogP contribution is -2.32. The average Bonchev–Trinajstić information content (AvgIpc) is 2.28. The van der Waals surface area contributed by atoms with E-state index < -0.39 is 12.4 Å². The predicted molar refractivity (Wildman–Crippen MR) is 53.1 cm³/mol. The highest BCUT2D eigenvalue weighted by atomic mass is 19.4. The third-order valence-corrected chi connectivity index (χ3v) is 2.65. The fourth-order valence-corrected chi connectivity index (χ4v) is 1.75. The van der Waals surface area contributed by atoms with E-state index in [0.717, 1.165) is 19.5 Å².